The molecule has 1 heterocycles. The molecule has 1 fully saturated rings. The zero-order valence-electron chi connectivity index (χ0n) is 17.8. The summed E-state index contributed by atoms with van der Waals surface area (Å²) in [7, 11) is -1.76. The number of hydrogen-bond acceptors (Lipinski definition) is 4. The molecule has 170 valence electrons. The fourth-order valence-electron chi connectivity index (χ4n) is 3.64. The Labute approximate surface area is 202 Å². The average molecular weight is 558 g/mol. The average Bonchev–Trinajstić information content (AvgIpc) is 3.21. The van der Waals surface area contributed by atoms with Gasteiger partial charge in [-0.05, 0) is 37.1 Å². The van der Waals surface area contributed by atoms with Gasteiger partial charge in [0.25, 0.3) is 0 Å². The van der Waals surface area contributed by atoms with Crippen LogP contribution in [0.3, 0.4) is 0 Å². The molecule has 7 nitrogen and oxygen atoms in total. The van der Waals surface area contributed by atoms with Gasteiger partial charge in [0.1, 0.15) is 0 Å². The second kappa shape index (κ2) is 13.0. The minimum absolute atomic E-state index is 0. The van der Waals surface area contributed by atoms with E-state index in [1.807, 2.05) is 6.07 Å². The second-order valence-corrected chi connectivity index (χ2v) is 9.11. The van der Waals surface area contributed by atoms with Gasteiger partial charge in [-0.1, -0.05) is 48.5 Å². The van der Waals surface area contributed by atoms with Crippen LogP contribution in [0.5, 0.6) is 0 Å². The highest BCUT2D eigenvalue weighted by Crippen LogP contribution is 2.19. The third-order valence-corrected chi connectivity index (χ3v) is 6.70. The van der Waals surface area contributed by atoms with Crippen molar-refractivity contribution in [1.29, 1.82) is 0 Å². The molecular weight excluding hydrogens is 525 g/mol. The summed E-state index contributed by atoms with van der Waals surface area (Å²) in [5, 5.41) is 6.55. The first kappa shape index (κ1) is 25.6. The van der Waals surface area contributed by atoms with E-state index in [9.17, 15) is 8.42 Å². The molecule has 3 rings (SSSR count). The van der Waals surface area contributed by atoms with E-state index in [0.717, 1.165) is 26.1 Å². The molecule has 1 atom stereocenters. The molecule has 31 heavy (non-hydrogen) atoms. The molecule has 0 bridgehead atoms. The lowest BCUT2D eigenvalue weighted by Crippen LogP contribution is -2.46. The molecule has 1 unspecified atom stereocenters. The normalized spacial score (nSPS) is 17.2. The van der Waals surface area contributed by atoms with E-state index in [-0.39, 0.29) is 35.4 Å². The van der Waals surface area contributed by atoms with Gasteiger partial charge in [-0.15, -0.1) is 24.0 Å². The van der Waals surface area contributed by atoms with Crippen LogP contribution in [0.1, 0.15) is 18.4 Å². The minimum Gasteiger partial charge on any atom is -0.355 e. The summed E-state index contributed by atoms with van der Waals surface area (Å²) in [6.07, 6.45) is 2.36. The standard InChI is InChI=1S/C22H31N5O2S.HI/c1-23-22(24-14-15-26-30(28,29)21-12-6-3-7-13-21)25-17-20-11-8-16-27(20)18-19-9-4-2-5-10-19;/h2-7,9-10,12-13,20,26H,8,11,14-18H2,1H3,(H2,23,24,25);1H. The van der Waals surface area contributed by atoms with Gasteiger partial charge in [-0.2, -0.15) is 0 Å². The molecule has 0 aliphatic carbocycles. The van der Waals surface area contributed by atoms with Crippen LogP contribution < -0.4 is 15.4 Å². The van der Waals surface area contributed by atoms with E-state index in [2.05, 4.69) is 49.5 Å². The predicted octanol–water partition coefficient (Wildman–Crippen LogP) is 2.41. The lowest BCUT2D eigenvalue weighted by Gasteiger charge is -2.25. The summed E-state index contributed by atoms with van der Waals surface area (Å²) < 4.78 is 27.1. The molecule has 2 aromatic carbocycles. The van der Waals surface area contributed by atoms with Gasteiger partial charge in [-0.3, -0.25) is 9.89 Å². The Hall–Kier alpha value is -1.69. The number of nitrogens with one attached hydrogen (secondary N) is 3. The van der Waals surface area contributed by atoms with Gasteiger partial charge in [0, 0.05) is 39.3 Å². The molecular formula is C22H32IN5O2S. The zero-order chi connectivity index (χ0) is 21.2. The molecule has 9 heteroatoms. The largest absolute Gasteiger partial charge is 0.355 e. The first-order valence-electron chi connectivity index (χ1n) is 10.4. The maximum atomic E-state index is 12.2. The number of nitrogens with zero attached hydrogens (tertiary/aromatic N) is 2. The molecule has 1 aliphatic heterocycles. The lowest BCUT2D eigenvalue weighted by atomic mass is 10.2. The Balaban J connectivity index is 0.00000341. The smallest absolute Gasteiger partial charge is 0.240 e. The number of aliphatic imine (C=N–C) groups is 1. The Morgan fingerprint density at radius 1 is 1.03 bits per heavy atom. The molecule has 2 aromatic rings. The fraction of sp³-hybridized carbons (Fsp3) is 0.409. The predicted molar refractivity (Wildman–Crippen MR) is 136 cm³/mol. The Bertz CT molecular complexity index is 910. The molecule has 0 amide bonds. The topological polar surface area (TPSA) is 85.8 Å². The number of benzene rings is 2. The molecule has 3 N–H and O–H groups in total. The summed E-state index contributed by atoms with van der Waals surface area (Å²) in [5.74, 6) is 0.681. The number of halogens is 1. The highest BCUT2D eigenvalue weighted by molar-refractivity contribution is 14.0. The van der Waals surface area contributed by atoms with Crippen molar-refractivity contribution in [3.8, 4) is 0 Å². The Morgan fingerprint density at radius 3 is 2.39 bits per heavy atom. The number of hydrogen-bond donors (Lipinski definition) is 3. The van der Waals surface area contributed by atoms with Crippen molar-refractivity contribution in [2.45, 2.75) is 30.3 Å². The maximum absolute atomic E-state index is 12.2. The van der Waals surface area contributed by atoms with Crippen LogP contribution in [-0.4, -0.2) is 58.5 Å². The maximum Gasteiger partial charge on any atom is 0.240 e. The lowest BCUT2D eigenvalue weighted by molar-refractivity contribution is 0.245. The highest BCUT2D eigenvalue weighted by atomic mass is 127. The van der Waals surface area contributed by atoms with Crippen molar-refractivity contribution < 1.29 is 8.42 Å². The summed E-state index contributed by atoms with van der Waals surface area (Å²) in [4.78, 5) is 7.02. The molecule has 0 aromatic heterocycles. The minimum atomic E-state index is -3.48. The first-order chi connectivity index (χ1) is 14.6. The van der Waals surface area contributed by atoms with Crippen LogP contribution in [0.4, 0.5) is 0 Å². The van der Waals surface area contributed by atoms with E-state index in [1.165, 1.54) is 12.0 Å². The molecule has 1 saturated heterocycles. The molecule has 0 saturated carbocycles. The number of sulfonamides is 1. The van der Waals surface area contributed by atoms with E-state index in [0.29, 0.717) is 18.5 Å². The van der Waals surface area contributed by atoms with Crippen LogP contribution >= 0.6 is 24.0 Å². The quantitative estimate of drug-likeness (QED) is 0.191. The van der Waals surface area contributed by atoms with Crippen molar-refractivity contribution in [2.24, 2.45) is 4.99 Å². The van der Waals surface area contributed by atoms with E-state index in [1.54, 1.807) is 37.4 Å². The van der Waals surface area contributed by atoms with Gasteiger partial charge in [0.2, 0.25) is 10.0 Å². The number of likely N-dealkylation sites (tertiary alicyclic amines) is 1. The van der Waals surface area contributed by atoms with Gasteiger partial charge >= 0.3 is 0 Å². The van der Waals surface area contributed by atoms with Crippen molar-refractivity contribution in [3.63, 3.8) is 0 Å². The summed E-state index contributed by atoms with van der Waals surface area (Å²) in [6, 6.07) is 19.4. The summed E-state index contributed by atoms with van der Waals surface area (Å²) >= 11 is 0. The third kappa shape index (κ3) is 8.06. The van der Waals surface area contributed by atoms with E-state index < -0.39 is 10.0 Å². The number of rotatable bonds is 9. The SMILES string of the molecule is CN=C(NCCNS(=O)(=O)c1ccccc1)NCC1CCCN1Cc1ccccc1.I. The zero-order valence-corrected chi connectivity index (χ0v) is 21.0. The fourth-order valence-corrected chi connectivity index (χ4v) is 4.69. The molecule has 0 spiro atoms. The van der Waals surface area contributed by atoms with Crippen LogP contribution in [-0.2, 0) is 16.6 Å². The van der Waals surface area contributed by atoms with Crippen LogP contribution in [0.25, 0.3) is 0 Å². The van der Waals surface area contributed by atoms with Gasteiger partial charge in [0.15, 0.2) is 5.96 Å². The molecule has 1 aliphatic rings. The second-order valence-electron chi connectivity index (χ2n) is 7.34. The monoisotopic (exact) mass is 557 g/mol. The van der Waals surface area contributed by atoms with E-state index in [4.69, 9.17) is 0 Å². The first-order valence-corrected chi connectivity index (χ1v) is 11.8. The van der Waals surface area contributed by atoms with Gasteiger partial charge in [-0.25, -0.2) is 13.1 Å². The van der Waals surface area contributed by atoms with Crippen molar-refractivity contribution >= 4 is 40.0 Å². The van der Waals surface area contributed by atoms with Crippen molar-refractivity contribution in [1.82, 2.24) is 20.3 Å². The number of guanidine groups is 1. The van der Waals surface area contributed by atoms with Crippen molar-refractivity contribution in [3.05, 3.63) is 66.2 Å². The third-order valence-electron chi connectivity index (χ3n) is 5.22. The Morgan fingerprint density at radius 2 is 1.71 bits per heavy atom. The summed E-state index contributed by atoms with van der Waals surface area (Å²) in [5.41, 5.74) is 1.33. The van der Waals surface area contributed by atoms with Crippen LogP contribution in [0.15, 0.2) is 70.6 Å². The van der Waals surface area contributed by atoms with Crippen LogP contribution in [0.2, 0.25) is 0 Å². The van der Waals surface area contributed by atoms with E-state index >= 15 is 0 Å². The molecule has 0 radical (unpaired) electrons. The highest BCUT2D eigenvalue weighted by Gasteiger charge is 2.24. The Kier molecular flexibility index (Phi) is 10.7. The van der Waals surface area contributed by atoms with Gasteiger partial charge < -0.3 is 10.6 Å². The van der Waals surface area contributed by atoms with Gasteiger partial charge in [0.05, 0.1) is 4.90 Å². The van der Waals surface area contributed by atoms with Crippen molar-refractivity contribution in [2.75, 3.05) is 33.2 Å². The van der Waals surface area contributed by atoms with Crippen LogP contribution in [0, 0.1) is 0 Å². The summed E-state index contributed by atoms with van der Waals surface area (Å²) in [6.45, 7) is 3.60.